The summed E-state index contributed by atoms with van der Waals surface area (Å²) in [7, 11) is 0. The predicted molar refractivity (Wildman–Crippen MR) is 190 cm³/mol. The summed E-state index contributed by atoms with van der Waals surface area (Å²) in [5.74, 6) is 0. The summed E-state index contributed by atoms with van der Waals surface area (Å²) in [5.41, 5.74) is 5.92. The Morgan fingerprint density at radius 1 is 0.372 bits per heavy atom. The molecule has 0 atom stereocenters. The van der Waals surface area contributed by atoms with Crippen LogP contribution in [0.5, 0.6) is 0 Å². The Morgan fingerprint density at radius 3 is 1.72 bits per heavy atom. The van der Waals surface area contributed by atoms with Crippen LogP contribution in [0.1, 0.15) is 0 Å². The molecule has 43 heavy (non-hydrogen) atoms. The molecule has 0 radical (unpaired) electrons. The molecule has 0 aliphatic carbocycles. The number of nitrogens with zero attached hydrogens (tertiary/aromatic N) is 1. The van der Waals surface area contributed by atoms with Crippen LogP contribution in [0, 0.1) is 0 Å². The zero-order valence-corrected chi connectivity index (χ0v) is 24.8. The minimum Gasteiger partial charge on any atom is -0.309 e. The maximum atomic E-state index is 2.46. The lowest BCUT2D eigenvalue weighted by Gasteiger charge is -2.29. The Kier molecular flexibility index (Phi) is 5.62. The van der Waals surface area contributed by atoms with Crippen molar-refractivity contribution in [1.29, 1.82) is 0 Å². The van der Waals surface area contributed by atoms with E-state index >= 15 is 0 Å². The van der Waals surface area contributed by atoms with E-state index in [9.17, 15) is 0 Å². The molecule has 0 aliphatic rings. The summed E-state index contributed by atoms with van der Waals surface area (Å²) in [6.45, 7) is 0. The van der Waals surface area contributed by atoms with Crippen molar-refractivity contribution in [3.8, 4) is 11.1 Å². The SMILES string of the molecule is c1ccc(N(c2ccc3sc4ccccc4c3c2)c2cccc3ccccc23)c(-c2ccc3sc4ccccc4c3c2)c1. The summed E-state index contributed by atoms with van der Waals surface area (Å²) in [6.07, 6.45) is 0. The van der Waals surface area contributed by atoms with Gasteiger partial charge >= 0.3 is 0 Å². The molecule has 0 spiro atoms. The number of hydrogen-bond acceptors (Lipinski definition) is 3. The second kappa shape index (κ2) is 9.81. The van der Waals surface area contributed by atoms with Crippen LogP contribution in [-0.2, 0) is 0 Å². The molecular weight excluding hydrogens is 559 g/mol. The Balaban J connectivity index is 1.32. The number of rotatable bonds is 4. The maximum Gasteiger partial charge on any atom is 0.0540 e. The first kappa shape index (κ1) is 24.6. The fourth-order valence-electron chi connectivity index (χ4n) is 6.47. The van der Waals surface area contributed by atoms with Crippen molar-refractivity contribution in [2.45, 2.75) is 0 Å². The average Bonchev–Trinajstić information content (AvgIpc) is 3.63. The standard InChI is InChI=1S/C40H25NS2/c1-2-12-29-26(10-1)11-9-17-36(29)41(28-21-23-40-34(25-28)32-15-5-8-19-38(32)43-40)35-16-6-3-13-30(35)27-20-22-39-33(24-27)31-14-4-7-18-37(31)42-39/h1-25H. The largest absolute Gasteiger partial charge is 0.309 e. The number of anilines is 3. The second-order valence-electron chi connectivity index (χ2n) is 10.9. The molecule has 0 N–H and O–H groups in total. The van der Waals surface area contributed by atoms with Crippen LogP contribution in [0.2, 0.25) is 0 Å². The summed E-state index contributed by atoms with van der Waals surface area (Å²) < 4.78 is 5.29. The minimum atomic E-state index is 1.15. The highest BCUT2D eigenvalue weighted by atomic mass is 32.1. The van der Waals surface area contributed by atoms with Gasteiger partial charge in [0.2, 0.25) is 0 Å². The van der Waals surface area contributed by atoms with Gasteiger partial charge < -0.3 is 4.90 Å². The van der Waals surface area contributed by atoms with Crippen molar-refractivity contribution in [2.75, 3.05) is 4.90 Å². The summed E-state index contributed by atoms with van der Waals surface area (Å²) >= 11 is 3.73. The van der Waals surface area contributed by atoms with Gasteiger partial charge in [-0.3, -0.25) is 0 Å². The number of hydrogen-bond donors (Lipinski definition) is 0. The molecule has 0 bridgehead atoms. The molecule has 2 heterocycles. The molecule has 202 valence electrons. The zero-order valence-electron chi connectivity index (χ0n) is 23.2. The van der Waals surface area contributed by atoms with Gasteiger partial charge in [-0.2, -0.15) is 0 Å². The van der Waals surface area contributed by atoms with E-state index in [0.717, 1.165) is 11.4 Å². The lowest BCUT2D eigenvalue weighted by Crippen LogP contribution is -2.11. The first-order chi connectivity index (χ1) is 21.3. The van der Waals surface area contributed by atoms with E-state index in [1.54, 1.807) is 0 Å². The number of thiophene rings is 2. The van der Waals surface area contributed by atoms with Crippen LogP contribution in [0.4, 0.5) is 17.1 Å². The van der Waals surface area contributed by atoms with Crippen LogP contribution < -0.4 is 4.90 Å². The zero-order chi connectivity index (χ0) is 28.3. The van der Waals surface area contributed by atoms with Crippen LogP contribution >= 0.6 is 22.7 Å². The molecule has 0 amide bonds. The fraction of sp³-hybridized carbons (Fsp3) is 0. The average molecular weight is 584 g/mol. The molecule has 0 aliphatic heterocycles. The minimum absolute atomic E-state index is 1.15. The van der Waals surface area contributed by atoms with E-state index in [4.69, 9.17) is 0 Å². The molecule has 7 aromatic carbocycles. The van der Waals surface area contributed by atoms with Crippen molar-refractivity contribution >= 4 is 90.9 Å². The number of fused-ring (bicyclic) bond motifs is 7. The summed E-state index contributed by atoms with van der Waals surface area (Å²) in [4.78, 5) is 2.46. The summed E-state index contributed by atoms with van der Waals surface area (Å²) in [5, 5.41) is 7.71. The topological polar surface area (TPSA) is 3.24 Å². The van der Waals surface area contributed by atoms with E-state index in [0.29, 0.717) is 0 Å². The molecule has 3 heteroatoms. The third kappa shape index (κ3) is 3.97. The van der Waals surface area contributed by atoms with Gasteiger partial charge in [-0.1, -0.05) is 97.1 Å². The summed E-state index contributed by atoms with van der Waals surface area (Å²) in [6, 6.07) is 55.6. The molecule has 2 aromatic heterocycles. The van der Waals surface area contributed by atoms with E-state index in [-0.39, 0.29) is 0 Å². The van der Waals surface area contributed by atoms with Crippen LogP contribution in [-0.4, -0.2) is 0 Å². The predicted octanol–water partition coefficient (Wildman–Crippen LogP) is 12.7. The monoisotopic (exact) mass is 583 g/mol. The van der Waals surface area contributed by atoms with Crippen molar-refractivity contribution < 1.29 is 0 Å². The maximum absolute atomic E-state index is 2.46. The highest BCUT2D eigenvalue weighted by Gasteiger charge is 2.20. The normalized spacial score (nSPS) is 11.7. The highest BCUT2D eigenvalue weighted by Crippen LogP contribution is 2.46. The molecule has 0 saturated heterocycles. The molecular formula is C40H25NS2. The van der Waals surface area contributed by atoms with Gasteiger partial charge in [0.05, 0.1) is 11.4 Å². The first-order valence-electron chi connectivity index (χ1n) is 14.5. The van der Waals surface area contributed by atoms with Crippen molar-refractivity contribution in [3.63, 3.8) is 0 Å². The van der Waals surface area contributed by atoms with Gasteiger partial charge in [-0.25, -0.2) is 0 Å². The molecule has 9 rings (SSSR count). The number of para-hydroxylation sites is 1. The van der Waals surface area contributed by atoms with Gasteiger partial charge in [0, 0.05) is 57.0 Å². The van der Waals surface area contributed by atoms with E-state index < -0.39 is 0 Å². The van der Waals surface area contributed by atoms with Gasteiger partial charge in [-0.05, 0) is 65.5 Å². The van der Waals surface area contributed by atoms with E-state index in [2.05, 4.69) is 157 Å². The third-order valence-corrected chi connectivity index (χ3v) is 10.8. The quantitative estimate of drug-likeness (QED) is 0.199. The van der Waals surface area contributed by atoms with Gasteiger partial charge in [0.1, 0.15) is 0 Å². The molecule has 0 fully saturated rings. The highest BCUT2D eigenvalue weighted by molar-refractivity contribution is 7.26. The molecule has 1 nitrogen and oxygen atoms in total. The smallest absolute Gasteiger partial charge is 0.0540 e. The Labute approximate surface area is 257 Å². The Bertz CT molecular complexity index is 2480. The van der Waals surface area contributed by atoms with Crippen molar-refractivity contribution in [1.82, 2.24) is 0 Å². The first-order valence-corrected chi connectivity index (χ1v) is 16.1. The van der Waals surface area contributed by atoms with Gasteiger partial charge in [-0.15, -0.1) is 22.7 Å². The van der Waals surface area contributed by atoms with Crippen LogP contribution in [0.3, 0.4) is 0 Å². The van der Waals surface area contributed by atoms with Crippen molar-refractivity contribution in [3.05, 3.63) is 152 Å². The fourth-order valence-corrected chi connectivity index (χ4v) is 8.64. The molecule has 0 unspecified atom stereocenters. The molecule has 9 aromatic rings. The van der Waals surface area contributed by atoms with E-state index in [1.807, 2.05) is 22.7 Å². The van der Waals surface area contributed by atoms with Gasteiger partial charge in [0.25, 0.3) is 0 Å². The lowest BCUT2D eigenvalue weighted by atomic mass is 9.99. The van der Waals surface area contributed by atoms with Crippen molar-refractivity contribution in [2.24, 2.45) is 0 Å². The third-order valence-electron chi connectivity index (χ3n) is 8.46. The van der Waals surface area contributed by atoms with Crippen LogP contribution in [0.25, 0.3) is 62.2 Å². The number of benzene rings is 7. The second-order valence-corrected chi connectivity index (χ2v) is 13.1. The van der Waals surface area contributed by atoms with Gasteiger partial charge in [0.15, 0.2) is 0 Å². The lowest BCUT2D eigenvalue weighted by molar-refractivity contribution is 1.30. The Morgan fingerprint density at radius 2 is 0.930 bits per heavy atom. The molecule has 0 saturated carbocycles. The van der Waals surface area contributed by atoms with Crippen LogP contribution in [0.15, 0.2) is 152 Å². The Hall–Kier alpha value is -4.96. The van der Waals surface area contributed by atoms with E-state index in [1.165, 1.54) is 67.9 Å².